The van der Waals surface area contributed by atoms with Gasteiger partial charge in [-0.3, -0.25) is 0 Å². The van der Waals surface area contributed by atoms with E-state index in [0.29, 0.717) is 29.4 Å². The monoisotopic (exact) mass is 805 g/mol. The largest absolute Gasteiger partial charge is 0.508 e. The van der Waals surface area contributed by atoms with E-state index in [2.05, 4.69) is 140 Å². The first-order chi connectivity index (χ1) is 28.1. The molecule has 4 aromatic carbocycles. The van der Waals surface area contributed by atoms with Crippen LogP contribution in [0.15, 0.2) is 97.1 Å². The molecular weight excluding hydrogens is 729 g/mol. The van der Waals surface area contributed by atoms with Gasteiger partial charge in [0.1, 0.15) is 17.2 Å². The van der Waals surface area contributed by atoms with Gasteiger partial charge in [-0.05, 0) is 166 Å². The maximum Gasteiger partial charge on any atom is 0.197 e. The molecule has 5 nitrogen and oxygen atoms in total. The molecular formula is C54H76O5. The lowest BCUT2D eigenvalue weighted by Crippen LogP contribution is -2.29. The van der Waals surface area contributed by atoms with Gasteiger partial charge in [0, 0.05) is 0 Å². The topological polar surface area (TPSA) is 57.2 Å². The Kier molecular flexibility index (Phi) is 17.0. The highest BCUT2D eigenvalue weighted by molar-refractivity contribution is 5.35. The zero-order chi connectivity index (χ0) is 42.6. The van der Waals surface area contributed by atoms with E-state index in [1.54, 1.807) is 0 Å². The third kappa shape index (κ3) is 15.0. The van der Waals surface area contributed by atoms with Crippen LogP contribution >= 0.6 is 0 Å². The Hall–Kier alpha value is -3.80. The molecule has 0 heterocycles. The van der Waals surface area contributed by atoms with Crippen LogP contribution in [-0.4, -0.2) is 29.9 Å². The summed E-state index contributed by atoms with van der Waals surface area (Å²) in [6.45, 7) is 22.4. The van der Waals surface area contributed by atoms with Gasteiger partial charge in [-0.15, -0.1) is 0 Å². The number of benzene rings is 4. The lowest BCUT2D eigenvalue weighted by molar-refractivity contribution is -0.140. The first-order valence-corrected chi connectivity index (χ1v) is 22.8. The van der Waals surface area contributed by atoms with Crippen molar-refractivity contribution in [2.75, 3.05) is 6.61 Å². The summed E-state index contributed by atoms with van der Waals surface area (Å²) in [6, 6.07) is 34.7. The number of hydrogen-bond acceptors (Lipinski definition) is 5. The molecule has 0 aliphatic heterocycles. The molecule has 5 heteroatoms. The van der Waals surface area contributed by atoms with Crippen LogP contribution < -0.4 is 9.47 Å². The number of phenols is 1. The van der Waals surface area contributed by atoms with Crippen molar-refractivity contribution < 1.29 is 24.1 Å². The van der Waals surface area contributed by atoms with E-state index in [4.69, 9.17) is 18.9 Å². The molecule has 4 aromatic rings. The van der Waals surface area contributed by atoms with E-state index < -0.39 is 0 Å². The van der Waals surface area contributed by atoms with Gasteiger partial charge in [-0.25, -0.2) is 0 Å². The van der Waals surface area contributed by atoms with E-state index >= 15 is 0 Å². The van der Waals surface area contributed by atoms with Crippen molar-refractivity contribution in [3.8, 4) is 17.2 Å². The van der Waals surface area contributed by atoms with E-state index in [1.807, 2.05) is 26.0 Å². The molecule has 0 aromatic heterocycles. The van der Waals surface area contributed by atoms with Crippen LogP contribution in [0.4, 0.5) is 0 Å². The minimum Gasteiger partial charge on any atom is -0.508 e. The third-order valence-corrected chi connectivity index (χ3v) is 12.4. The van der Waals surface area contributed by atoms with Crippen LogP contribution in [0.1, 0.15) is 185 Å². The summed E-state index contributed by atoms with van der Waals surface area (Å²) in [7, 11) is 0. The van der Waals surface area contributed by atoms with Crippen molar-refractivity contribution in [3.05, 3.63) is 125 Å². The summed E-state index contributed by atoms with van der Waals surface area (Å²) in [5, 5.41) is 10.1. The second kappa shape index (κ2) is 21.6. The van der Waals surface area contributed by atoms with Crippen LogP contribution in [0, 0.1) is 5.92 Å². The molecule has 6 atom stereocenters. The summed E-state index contributed by atoms with van der Waals surface area (Å²) in [5.41, 5.74) is 6.45. The number of phenolic OH excluding ortho intramolecular Hbond substituents is 1. The fraction of sp³-hybridized carbons (Fsp3) is 0.556. The number of hydrogen-bond donors (Lipinski definition) is 1. The Morgan fingerprint density at radius 1 is 0.576 bits per heavy atom. The summed E-state index contributed by atoms with van der Waals surface area (Å²) in [6.07, 6.45) is 11.4. The second-order valence-corrected chi connectivity index (χ2v) is 19.5. The van der Waals surface area contributed by atoms with E-state index in [1.165, 1.54) is 59.9 Å². The molecule has 1 aliphatic rings. The SMILES string of the molecule is CCC(CC(CC(CC(C)c1ccc(O)cc1)c1ccc(C(C)(C)C)cc1)c1ccc(OC(C)OC(C)(C)C)cc1)c1ccc(OC(C)OCCC2CCCCC2)cc1. The fourth-order valence-corrected chi connectivity index (χ4v) is 9.04. The second-order valence-electron chi connectivity index (χ2n) is 19.5. The molecule has 1 aliphatic carbocycles. The third-order valence-electron chi connectivity index (χ3n) is 12.4. The van der Waals surface area contributed by atoms with Gasteiger partial charge >= 0.3 is 0 Å². The molecule has 1 N–H and O–H groups in total. The van der Waals surface area contributed by atoms with Crippen molar-refractivity contribution in [3.63, 3.8) is 0 Å². The molecule has 1 fully saturated rings. The maximum atomic E-state index is 10.1. The van der Waals surface area contributed by atoms with Crippen LogP contribution in [-0.2, 0) is 14.9 Å². The highest BCUT2D eigenvalue weighted by Gasteiger charge is 2.27. The molecule has 59 heavy (non-hydrogen) atoms. The molecule has 5 rings (SSSR count). The van der Waals surface area contributed by atoms with Crippen molar-refractivity contribution in [1.29, 1.82) is 0 Å². The summed E-state index contributed by atoms with van der Waals surface area (Å²) < 4.78 is 24.6. The van der Waals surface area contributed by atoms with Crippen LogP contribution in [0.5, 0.6) is 17.2 Å². The van der Waals surface area contributed by atoms with Gasteiger partial charge in [0.25, 0.3) is 0 Å². The molecule has 0 saturated heterocycles. The molecule has 1 saturated carbocycles. The Labute approximate surface area is 358 Å². The predicted octanol–water partition coefficient (Wildman–Crippen LogP) is 15.0. The number of ether oxygens (including phenoxy) is 4. The standard InChI is InChI=1S/C54H76O5/c1-11-42(44-21-29-51(30-22-44)57-39(3)56-34-33-41-15-13-12-14-16-41)36-48(46-23-31-52(32-24-46)58-40(4)59-54(8,9)10)37-47(35-38(2)43-19-27-50(55)28-20-43)45-17-25-49(26-18-45)53(5,6)7/h17-32,38-42,47-48,55H,11-16,33-37H2,1-10H3. The zero-order valence-electron chi connectivity index (χ0n) is 38.1. The number of aromatic hydroxyl groups is 1. The molecule has 0 bridgehead atoms. The Morgan fingerprint density at radius 3 is 1.58 bits per heavy atom. The highest BCUT2D eigenvalue weighted by Crippen LogP contribution is 2.43. The normalized spacial score (nSPS) is 17.1. The van der Waals surface area contributed by atoms with E-state index in [0.717, 1.165) is 56.1 Å². The molecule has 6 unspecified atom stereocenters. The van der Waals surface area contributed by atoms with Gasteiger partial charge in [0.05, 0.1) is 12.2 Å². The zero-order valence-corrected chi connectivity index (χ0v) is 38.1. The highest BCUT2D eigenvalue weighted by atomic mass is 16.7. The average molecular weight is 805 g/mol. The average Bonchev–Trinajstić information content (AvgIpc) is 3.19. The lowest BCUT2D eigenvalue weighted by atomic mass is 9.74. The molecule has 0 amide bonds. The van der Waals surface area contributed by atoms with Crippen LogP contribution in [0.25, 0.3) is 0 Å². The summed E-state index contributed by atoms with van der Waals surface area (Å²) >= 11 is 0. The van der Waals surface area contributed by atoms with E-state index in [9.17, 15) is 5.11 Å². The first kappa shape index (κ1) is 46.3. The molecule has 0 radical (unpaired) electrons. The van der Waals surface area contributed by atoms with Gasteiger partial charge in [-0.2, -0.15) is 0 Å². The Bertz CT molecular complexity index is 1780. The smallest absolute Gasteiger partial charge is 0.197 e. The minimum absolute atomic E-state index is 0.0870. The fourth-order valence-electron chi connectivity index (χ4n) is 9.04. The quantitative estimate of drug-likeness (QED) is 0.0902. The molecule has 322 valence electrons. The Morgan fingerprint density at radius 2 is 1.05 bits per heavy atom. The lowest BCUT2D eigenvalue weighted by Gasteiger charge is -2.30. The van der Waals surface area contributed by atoms with Crippen LogP contribution in [0.2, 0.25) is 0 Å². The van der Waals surface area contributed by atoms with E-state index in [-0.39, 0.29) is 23.6 Å². The van der Waals surface area contributed by atoms with Gasteiger partial charge in [0.2, 0.25) is 0 Å². The van der Waals surface area contributed by atoms with Gasteiger partial charge in [0.15, 0.2) is 12.6 Å². The molecule has 0 spiro atoms. The summed E-state index contributed by atoms with van der Waals surface area (Å²) in [4.78, 5) is 0. The van der Waals surface area contributed by atoms with Crippen molar-refractivity contribution in [2.45, 2.75) is 181 Å². The van der Waals surface area contributed by atoms with Gasteiger partial charge in [-0.1, -0.05) is 127 Å². The minimum atomic E-state index is -0.356. The Balaban J connectivity index is 1.38. The van der Waals surface area contributed by atoms with Crippen molar-refractivity contribution in [2.24, 2.45) is 5.92 Å². The predicted molar refractivity (Wildman–Crippen MR) is 245 cm³/mol. The number of rotatable bonds is 20. The first-order valence-electron chi connectivity index (χ1n) is 22.8. The van der Waals surface area contributed by atoms with Gasteiger partial charge < -0.3 is 24.1 Å². The van der Waals surface area contributed by atoms with Crippen LogP contribution in [0.3, 0.4) is 0 Å². The van der Waals surface area contributed by atoms with Crippen molar-refractivity contribution in [1.82, 2.24) is 0 Å². The summed E-state index contributed by atoms with van der Waals surface area (Å²) in [5.74, 6) is 4.08. The van der Waals surface area contributed by atoms with Crippen molar-refractivity contribution >= 4 is 0 Å². The maximum absolute atomic E-state index is 10.1.